The number of rotatable bonds is 3. The van der Waals surface area contributed by atoms with Crippen molar-refractivity contribution in [2.45, 2.75) is 46.6 Å². The molecule has 3 aromatic heterocycles. The topological polar surface area (TPSA) is 67.8 Å². The summed E-state index contributed by atoms with van der Waals surface area (Å²) in [5.41, 5.74) is 2.84. The number of benzene rings is 1. The molecule has 1 aromatic carbocycles. The maximum absolute atomic E-state index is 13.3. The molecule has 0 saturated heterocycles. The maximum atomic E-state index is 13.3. The third kappa shape index (κ3) is 3.10. The van der Waals surface area contributed by atoms with E-state index in [1.165, 1.54) is 15.8 Å². The van der Waals surface area contributed by atoms with Gasteiger partial charge >= 0.3 is 0 Å². The second-order valence-corrected chi connectivity index (χ2v) is 10.4. The Balaban J connectivity index is 1.50. The van der Waals surface area contributed by atoms with Gasteiger partial charge in [0.2, 0.25) is 0 Å². The lowest BCUT2D eigenvalue weighted by molar-refractivity contribution is 0.0972. The van der Waals surface area contributed by atoms with E-state index in [2.05, 4.69) is 30.7 Å². The van der Waals surface area contributed by atoms with Crippen LogP contribution in [0.3, 0.4) is 0 Å². The number of carbonyl (C=O) groups is 1. The molecule has 30 heavy (non-hydrogen) atoms. The largest absolute Gasteiger partial charge is 0.360 e. The highest BCUT2D eigenvalue weighted by atomic mass is 32.1. The summed E-state index contributed by atoms with van der Waals surface area (Å²) < 4.78 is 1.47. The number of ketones is 1. The molecule has 1 N–H and O–H groups in total. The van der Waals surface area contributed by atoms with Crippen LogP contribution in [0.15, 0.2) is 41.6 Å². The van der Waals surface area contributed by atoms with Gasteiger partial charge in [-0.2, -0.15) is 0 Å². The number of aromatic nitrogens is 3. The van der Waals surface area contributed by atoms with Crippen LogP contribution in [-0.4, -0.2) is 20.3 Å². The highest BCUT2D eigenvalue weighted by Crippen LogP contribution is 2.41. The Kier molecular flexibility index (Phi) is 4.43. The number of H-pyrrole nitrogens is 1. The van der Waals surface area contributed by atoms with Gasteiger partial charge in [-0.3, -0.25) is 14.2 Å². The van der Waals surface area contributed by atoms with Crippen molar-refractivity contribution in [3.63, 3.8) is 0 Å². The van der Waals surface area contributed by atoms with Gasteiger partial charge in [-0.1, -0.05) is 39.0 Å². The highest BCUT2D eigenvalue weighted by molar-refractivity contribution is 7.18. The fourth-order valence-corrected chi connectivity index (χ4v) is 5.85. The van der Waals surface area contributed by atoms with Crippen molar-refractivity contribution in [3.05, 3.63) is 63.1 Å². The SMILES string of the molecule is CC(C)(C)C1CCc2c(sc3ncn(CC(=O)c4c[nH]c5ccccc45)c(=O)c23)C1. The van der Waals surface area contributed by atoms with Gasteiger partial charge in [0.15, 0.2) is 5.78 Å². The Bertz CT molecular complexity index is 1340. The lowest BCUT2D eigenvalue weighted by Crippen LogP contribution is -2.27. The Labute approximate surface area is 178 Å². The lowest BCUT2D eigenvalue weighted by atomic mass is 9.72. The monoisotopic (exact) mass is 419 g/mol. The van der Waals surface area contributed by atoms with Crippen LogP contribution in [0.2, 0.25) is 0 Å². The Morgan fingerprint density at radius 3 is 2.90 bits per heavy atom. The lowest BCUT2D eigenvalue weighted by Gasteiger charge is -2.33. The highest BCUT2D eigenvalue weighted by Gasteiger charge is 2.31. The third-order valence-electron chi connectivity index (χ3n) is 6.46. The number of aromatic amines is 1. The quantitative estimate of drug-likeness (QED) is 0.477. The molecule has 6 heteroatoms. The van der Waals surface area contributed by atoms with E-state index in [0.29, 0.717) is 11.5 Å². The summed E-state index contributed by atoms with van der Waals surface area (Å²) in [6.07, 6.45) is 6.26. The van der Waals surface area contributed by atoms with E-state index in [9.17, 15) is 9.59 Å². The van der Waals surface area contributed by atoms with Crippen molar-refractivity contribution in [1.82, 2.24) is 14.5 Å². The van der Waals surface area contributed by atoms with Crippen molar-refractivity contribution in [2.24, 2.45) is 11.3 Å². The average Bonchev–Trinajstić information content (AvgIpc) is 3.30. The summed E-state index contributed by atoms with van der Waals surface area (Å²) in [5, 5.41) is 1.60. The summed E-state index contributed by atoms with van der Waals surface area (Å²) in [6.45, 7) is 6.87. The summed E-state index contributed by atoms with van der Waals surface area (Å²) >= 11 is 1.65. The molecule has 5 rings (SSSR count). The van der Waals surface area contributed by atoms with E-state index < -0.39 is 0 Å². The first-order valence-corrected chi connectivity index (χ1v) is 11.2. The number of para-hydroxylation sites is 1. The molecule has 0 saturated carbocycles. The van der Waals surface area contributed by atoms with Crippen LogP contribution in [0.4, 0.5) is 0 Å². The summed E-state index contributed by atoms with van der Waals surface area (Å²) in [6, 6.07) is 7.70. The number of aryl methyl sites for hydroxylation is 1. The standard InChI is InChI=1S/C24H25N3O2S/c1-24(2,3)14-8-9-16-20(10-14)30-22-21(16)23(29)27(13-26-22)12-19(28)17-11-25-18-7-5-4-6-15(17)18/h4-7,11,13-14,25H,8-10,12H2,1-3H3. The number of hydrogen-bond donors (Lipinski definition) is 1. The molecular weight excluding hydrogens is 394 g/mol. The van der Waals surface area contributed by atoms with E-state index in [1.54, 1.807) is 17.5 Å². The number of Topliss-reactive ketones (excluding diaryl/α,β-unsaturated/α-hetero) is 1. The zero-order chi connectivity index (χ0) is 21.0. The first-order chi connectivity index (χ1) is 14.3. The predicted molar refractivity (Wildman–Crippen MR) is 121 cm³/mol. The number of hydrogen-bond acceptors (Lipinski definition) is 4. The van der Waals surface area contributed by atoms with Crippen LogP contribution in [0.25, 0.3) is 21.1 Å². The van der Waals surface area contributed by atoms with Crippen molar-refractivity contribution >= 4 is 38.2 Å². The van der Waals surface area contributed by atoms with Crippen LogP contribution in [0, 0.1) is 11.3 Å². The van der Waals surface area contributed by atoms with Gasteiger partial charge < -0.3 is 4.98 Å². The van der Waals surface area contributed by atoms with Crippen molar-refractivity contribution in [1.29, 1.82) is 0 Å². The van der Waals surface area contributed by atoms with E-state index >= 15 is 0 Å². The van der Waals surface area contributed by atoms with Crippen molar-refractivity contribution in [3.8, 4) is 0 Å². The molecule has 0 amide bonds. The minimum absolute atomic E-state index is 0.00113. The molecule has 5 nitrogen and oxygen atoms in total. The molecule has 1 aliphatic carbocycles. The molecule has 1 atom stereocenters. The number of fused-ring (bicyclic) bond motifs is 4. The third-order valence-corrected chi connectivity index (χ3v) is 7.63. The first kappa shape index (κ1) is 19.2. The molecule has 0 radical (unpaired) electrons. The molecule has 0 fully saturated rings. The zero-order valence-corrected chi connectivity index (χ0v) is 18.3. The summed E-state index contributed by atoms with van der Waals surface area (Å²) in [5.74, 6) is 0.524. The summed E-state index contributed by atoms with van der Waals surface area (Å²) in [7, 11) is 0. The van der Waals surface area contributed by atoms with Crippen LogP contribution in [0.5, 0.6) is 0 Å². The molecule has 0 aliphatic heterocycles. The maximum Gasteiger partial charge on any atom is 0.262 e. The first-order valence-electron chi connectivity index (χ1n) is 10.4. The fraction of sp³-hybridized carbons (Fsp3) is 0.375. The van der Waals surface area contributed by atoms with Gasteiger partial charge in [0.1, 0.15) is 4.83 Å². The van der Waals surface area contributed by atoms with E-state index in [1.807, 2.05) is 24.3 Å². The molecular formula is C24H25N3O2S. The molecule has 0 bridgehead atoms. The number of thiophene rings is 1. The Morgan fingerprint density at radius 1 is 1.30 bits per heavy atom. The molecule has 3 heterocycles. The molecule has 1 aliphatic rings. The smallest absolute Gasteiger partial charge is 0.262 e. The van der Waals surface area contributed by atoms with Gasteiger partial charge in [0, 0.05) is 27.5 Å². The molecule has 4 aromatic rings. The molecule has 1 unspecified atom stereocenters. The normalized spacial score (nSPS) is 16.8. The average molecular weight is 420 g/mol. The van der Waals surface area contributed by atoms with Gasteiger partial charge in [-0.25, -0.2) is 4.98 Å². The minimum Gasteiger partial charge on any atom is -0.360 e. The second kappa shape index (κ2) is 6.91. The van der Waals surface area contributed by atoms with Crippen molar-refractivity contribution in [2.75, 3.05) is 0 Å². The minimum atomic E-state index is -0.0973. The summed E-state index contributed by atoms with van der Waals surface area (Å²) in [4.78, 5) is 36.0. The Morgan fingerprint density at radius 2 is 2.10 bits per heavy atom. The van der Waals surface area contributed by atoms with E-state index in [-0.39, 0.29) is 23.3 Å². The Hall–Kier alpha value is -2.73. The molecule has 154 valence electrons. The van der Waals surface area contributed by atoms with Gasteiger partial charge in [-0.05, 0) is 42.2 Å². The van der Waals surface area contributed by atoms with Crippen LogP contribution in [-0.2, 0) is 19.4 Å². The number of carbonyl (C=O) groups excluding carboxylic acids is 1. The zero-order valence-electron chi connectivity index (χ0n) is 17.5. The van der Waals surface area contributed by atoms with E-state index in [0.717, 1.165) is 45.9 Å². The number of nitrogens with zero attached hydrogens (tertiary/aromatic N) is 2. The fourth-order valence-electron chi connectivity index (χ4n) is 4.60. The van der Waals surface area contributed by atoms with Crippen LogP contribution >= 0.6 is 11.3 Å². The van der Waals surface area contributed by atoms with Gasteiger partial charge in [0.25, 0.3) is 5.56 Å². The van der Waals surface area contributed by atoms with Gasteiger partial charge in [-0.15, -0.1) is 11.3 Å². The van der Waals surface area contributed by atoms with Crippen LogP contribution in [0.1, 0.15) is 48.0 Å². The van der Waals surface area contributed by atoms with Gasteiger partial charge in [0.05, 0.1) is 18.3 Å². The second-order valence-electron chi connectivity index (χ2n) is 9.34. The van der Waals surface area contributed by atoms with Crippen LogP contribution < -0.4 is 5.56 Å². The molecule has 0 spiro atoms. The number of nitrogens with one attached hydrogen (secondary N) is 1. The predicted octanol–water partition coefficient (Wildman–Crippen LogP) is 4.97. The van der Waals surface area contributed by atoms with E-state index in [4.69, 9.17) is 0 Å². The van der Waals surface area contributed by atoms with Crippen molar-refractivity contribution < 1.29 is 4.79 Å².